The molecule has 0 spiro atoms. The molecule has 0 aromatic heterocycles. The minimum atomic E-state index is -0.338. The first kappa shape index (κ1) is 38.6. The zero-order chi connectivity index (χ0) is 33.1. The summed E-state index contributed by atoms with van der Waals surface area (Å²) in [5, 5.41) is 19.0. The van der Waals surface area contributed by atoms with Gasteiger partial charge in [-0.3, -0.25) is 0 Å². The van der Waals surface area contributed by atoms with E-state index in [4.69, 9.17) is 14.2 Å². The van der Waals surface area contributed by atoms with E-state index in [-0.39, 0.29) is 25.1 Å². The van der Waals surface area contributed by atoms with Crippen LogP contribution in [0.25, 0.3) is 0 Å². The van der Waals surface area contributed by atoms with Crippen molar-refractivity contribution in [3.05, 3.63) is 41.0 Å². The fraction of sp³-hybridized carbons (Fsp3) is 0.775. The molecule has 0 heterocycles. The number of methoxy groups -OCH3 is 1. The molecule has 0 amide bonds. The number of carbonyl (C=O) groups excluding carboxylic acids is 1. The van der Waals surface area contributed by atoms with Gasteiger partial charge in [0.1, 0.15) is 5.75 Å². The summed E-state index contributed by atoms with van der Waals surface area (Å²) in [5.41, 5.74) is 4.30. The fourth-order valence-corrected chi connectivity index (χ4v) is 7.87. The fourth-order valence-electron chi connectivity index (χ4n) is 7.87. The van der Waals surface area contributed by atoms with Crippen molar-refractivity contribution < 1.29 is 29.2 Å². The number of benzene rings is 1. The second kappa shape index (κ2) is 21.9. The van der Waals surface area contributed by atoms with Crippen molar-refractivity contribution in [1.82, 2.24) is 0 Å². The van der Waals surface area contributed by atoms with Gasteiger partial charge >= 0.3 is 5.97 Å². The van der Waals surface area contributed by atoms with Crippen molar-refractivity contribution in [2.24, 2.45) is 23.7 Å². The first-order valence-corrected chi connectivity index (χ1v) is 18.7. The van der Waals surface area contributed by atoms with Crippen LogP contribution >= 0.6 is 0 Å². The number of carbonyl (C=O) groups is 1. The normalized spacial score (nSPS) is 21.8. The number of hydrogen-bond donors (Lipinski definition) is 2. The highest BCUT2D eigenvalue weighted by Gasteiger charge is 2.31. The van der Waals surface area contributed by atoms with Gasteiger partial charge in [0.25, 0.3) is 0 Å². The number of esters is 1. The molecule has 0 unspecified atom stereocenters. The summed E-state index contributed by atoms with van der Waals surface area (Å²) in [6.45, 7) is 9.26. The Morgan fingerprint density at radius 1 is 0.848 bits per heavy atom. The molecule has 2 aliphatic rings. The average Bonchev–Trinajstić information content (AvgIpc) is 3.07. The van der Waals surface area contributed by atoms with Crippen LogP contribution in [-0.2, 0) is 27.1 Å². The Kier molecular flexibility index (Phi) is 18.3. The maximum atomic E-state index is 12.0. The first-order valence-electron chi connectivity index (χ1n) is 18.7. The van der Waals surface area contributed by atoms with Gasteiger partial charge in [0, 0.05) is 38.4 Å². The molecule has 0 saturated heterocycles. The van der Waals surface area contributed by atoms with E-state index in [1.54, 1.807) is 14.0 Å². The lowest BCUT2D eigenvalue weighted by atomic mass is 9.67. The van der Waals surface area contributed by atoms with Crippen molar-refractivity contribution in [3.8, 4) is 5.75 Å². The molecule has 0 atom stereocenters. The second-order valence-corrected chi connectivity index (χ2v) is 14.4. The minimum Gasteiger partial charge on any atom is -0.493 e. The second-order valence-electron chi connectivity index (χ2n) is 14.4. The largest absolute Gasteiger partial charge is 0.493 e. The lowest BCUT2D eigenvalue weighted by molar-refractivity contribution is -0.139. The Hall–Kier alpha value is -1.89. The number of aliphatic hydroxyl groups is 2. The van der Waals surface area contributed by atoms with Crippen molar-refractivity contribution in [2.75, 3.05) is 40.1 Å². The maximum absolute atomic E-state index is 12.0. The van der Waals surface area contributed by atoms with Crippen molar-refractivity contribution >= 4 is 5.97 Å². The van der Waals surface area contributed by atoms with E-state index in [9.17, 15) is 15.0 Å². The third-order valence-electron chi connectivity index (χ3n) is 10.8. The molecule has 3 rings (SSSR count). The number of hydrogen-bond acceptors (Lipinski definition) is 6. The van der Waals surface area contributed by atoms with E-state index in [1.807, 2.05) is 0 Å². The number of ether oxygens (including phenoxy) is 3. The van der Waals surface area contributed by atoms with E-state index < -0.39 is 0 Å². The molecule has 2 aliphatic carbocycles. The molecule has 6 heteroatoms. The summed E-state index contributed by atoms with van der Waals surface area (Å²) in [4.78, 5) is 12.0. The molecule has 2 fully saturated rings. The molecule has 0 bridgehead atoms. The molecule has 1 aromatic rings. The summed E-state index contributed by atoms with van der Waals surface area (Å²) < 4.78 is 17.3. The van der Waals surface area contributed by atoms with Gasteiger partial charge in [-0.25, -0.2) is 4.79 Å². The first-order chi connectivity index (χ1) is 22.4. The molecule has 2 N–H and O–H groups in total. The van der Waals surface area contributed by atoms with Crippen LogP contribution in [0.5, 0.6) is 5.75 Å². The van der Waals surface area contributed by atoms with E-state index in [0.717, 1.165) is 62.0 Å². The predicted octanol–water partition coefficient (Wildman–Crippen LogP) is 8.74. The zero-order valence-corrected chi connectivity index (χ0v) is 29.5. The summed E-state index contributed by atoms with van der Waals surface area (Å²) in [6, 6.07) is 4.79. The van der Waals surface area contributed by atoms with Crippen molar-refractivity contribution in [2.45, 2.75) is 135 Å². The summed E-state index contributed by atoms with van der Waals surface area (Å²) in [5.74, 6) is 3.88. The van der Waals surface area contributed by atoms with E-state index in [2.05, 4.69) is 25.6 Å². The Balaban J connectivity index is 1.70. The van der Waals surface area contributed by atoms with Crippen LogP contribution < -0.4 is 4.74 Å². The van der Waals surface area contributed by atoms with Crippen LogP contribution in [0.3, 0.4) is 0 Å². The minimum absolute atomic E-state index is 0.00975. The molecule has 0 aliphatic heterocycles. The quantitative estimate of drug-likeness (QED) is 0.0748. The summed E-state index contributed by atoms with van der Waals surface area (Å²) in [7, 11) is 1.75. The highest BCUT2D eigenvalue weighted by Crippen LogP contribution is 2.45. The van der Waals surface area contributed by atoms with E-state index in [1.165, 1.54) is 93.7 Å². The summed E-state index contributed by atoms with van der Waals surface area (Å²) >= 11 is 0. The monoisotopic (exact) mass is 642 g/mol. The zero-order valence-electron chi connectivity index (χ0n) is 29.5. The molecular formula is C40H66O6. The number of aliphatic hydroxyl groups excluding tert-OH is 2. The lowest BCUT2D eigenvalue weighted by Crippen LogP contribution is -2.25. The third kappa shape index (κ3) is 13.0. The predicted molar refractivity (Wildman–Crippen MR) is 187 cm³/mol. The van der Waals surface area contributed by atoms with Gasteiger partial charge in [-0.15, -0.1) is 0 Å². The van der Waals surface area contributed by atoms with Gasteiger partial charge in [0.05, 0.1) is 13.2 Å². The number of aryl methyl sites for hydroxylation is 2. The molecule has 262 valence electrons. The Morgan fingerprint density at radius 2 is 1.46 bits per heavy atom. The maximum Gasteiger partial charge on any atom is 0.333 e. The molecule has 46 heavy (non-hydrogen) atoms. The van der Waals surface area contributed by atoms with Crippen LogP contribution in [0, 0.1) is 23.7 Å². The van der Waals surface area contributed by atoms with Crippen LogP contribution in [0.15, 0.2) is 24.3 Å². The topological polar surface area (TPSA) is 85.2 Å². The standard InChI is InChI=1S/C40H66O6/c1-5-6-7-11-31-15-17-33(18-16-31)34-19-21-35(22-20-34)38-26-36(13-9-23-44-4)39(45-24-8-12-32(28-41)29-42)37(27-38)14-10-25-46-40(43)30(2)3/h26-27,31-35,41-42H,2,5-25,28-29H2,1,3-4H3. The Bertz CT molecular complexity index is 1000. The van der Waals surface area contributed by atoms with Gasteiger partial charge in [-0.1, -0.05) is 64.2 Å². The molecular weight excluding hydrogens is 576 g/mol. The van der Waals surface area contributed by atoms with Gasteiger partial charge in [-0.2, -0.15) is 0 Å². The van der Waals surface area contributed by atoms with Crippen molar-refractivity contribution in [3.63, 3.8) is 0 Å². The molecule has 2 saturated carbocycles. The Labute approximate surface area is 280 Å². The lowest BCUT2D eigenvalue weighted by Gasteiger charge is -2.38. The molecule has 0 radical (unpaired) electrons. The van der Waals surface area contributed by atoms with Crippen LogP contribution in [0.2, 0.25) is 0 Å². The highest BCUT2D eigenvalue weighted by atomic mass is 16.5. The highest BCUT2D eigenvalue weighted by molar-refractivity contribution is 5.86. The van der Waals surface area contributed by atoms with Gasteiger partial charge in [-0.05, 0) is 124 Å². The van der Waals surface area contributed by atoms with E-state index >= 15 is 0 Å². The smallest absolute Gasteiger partial charge is 0.333 e. The van der Waals surface area contributed by atoms with Crippen LogP contribution in [-0.4, -0.2) is 56.3 Å². The van der Waals surface area contributed by atoms with Crippen LogP contribution in [0.4, 0.5) is 0 Å². The van der Waals surface area contributed by atoms with Crippen molar-refractivity contribution in [1.29, 1.82) is 0 Å². The van der Waals surface area contributed by atoms with Gasteiger partial charge in [0.15, 0.2) is 0 Å². The molecule has 1 aromatic carbocycles. The molecule has 6 nitrogen and oxygen atoms in total. The third-order valence-corrected chi connectivity index (χ3v) is 10.8. The van der Waals surface area contributed by atoms with Gasteiger partial charge < -0.3 is 24.4 Å². The summed E-state index contributed by atoms with van der Waals surface area (Å²) in [6.07, 6.45) is 21.4. The SMILES string of the molecule is C=C(C)C(=O)OCCCc1cc(C2CCC(C3CCC(CCCCC)CC3)CC2)cc(CCCOC)c1OCCCC(CO)CO. The van der Waals surface area contributed by atoms with E-state index in [0.29, 0.717) is 31.3 Å². The number of rotatable bonds is 22. The van der Waals surface area contributed by atoms with Gasteiger partial charge in [0.2, 0.25) is 0 Å². The Morgan fingerprint density at radius 3 is 2.02 bits per heavy atom. The number of unbranched alkanes of at least 4 members (excludes halogenated alkanes) is 2. The van der Waals surface area contributed by atoms with Crippen LogP contribution in [0.1, 0.15) is 139 Å². The average molecular weight is 643 g/mol.